The molecule has 1 heterocycles. The van der Waals surface area contributed by atoms with Gasteiger partial charge in [0.1, 0.15) is 0 Å². The van der Waals surface area contributed by atoms with Crippen molar-refractivity contribution in [3.8, 4) is 0 Å². The van der Waals surface area contributed by atoms with Crippen molar-refractivity contribution in [1.29, 1.82) is 0 Å². The molecule has 2 rings (SSSR count). The summed E-state index contributed by atoms with van der Waals surface area (Å²) in [6.45, 7) is 11.6. The molecule has 0 bridgehead atoms. The molecule has 1 saturated heterocycles. The van der Waals surface area contributed by atoms with E-state index in [0.717, 1.165) is 17.8 Å². The molecular formula is C17H27N. The van der Waals surface area contributed by atoms with Crippen molar-refractivity contribution in [3.05, 3.63) is 34.9 Å². The lowest BCUT2D eigenvalue weighted by atomic mass is 9.75. The molecular weight excluding hydrogens is 218 g/mol. The number of benzene rings is 1. The normalized spacial score (nSPS) is 24.5. The highest BCUT2D eigenvalue weighted by atomic mass is 14.9. The highest BCUT2D eigenvalue weighted by Gasteiger charge is 2.28. The Balaban J connectivity index is 2.28. The summed E-state index contributed by atoms with van der Waals surface area (Å²) in [7, 11) is 0. The summed E-state index contributed by atoms with van der Waals surface area (Å²) in [5.41, 5.74) is 4.59. The van der Waals surface area contributed by atoms with Crippen molar-refractivity contribution in [2.24, 2.45) is 11.8 Å². The summed E-state index contributed by atoms with van der Waals surface area (Å²) in [4.78, 5) is 0. The number of piperidine rings is 1. The predicted octanol–water partition coefficient (Wildman–Crippen LogP) is 4.04. The fourth-order valence-corrected chi connectivity index (χ4v) is 3.57. The standard InChI is InChI=1S/C17H27N/c1-12(2)10-15-11-18-9-8-16(15)17-13(3)6-5-7-14(17)4/h5-7,12,15-16,18H,8-11H2,1-4H3. The lowest BCUT2D eigenvalue weighted by Gasteiger charge is -2.35. The largest absolute Gasteiger partial charge is 0.316 e. The Hall–Kier alpha value is -0.820. The van der Waals surface area contributed by atoms with Crippen LogP contribution in [-0.4, -0.2) is 13.1 Å². The van der Waals surface area contributed by atoms with E-state index in [1.165, 1.54) is 37.1 Å². The van der Waals surface area contributed by atoms with Crippen LogP contribution in [0.3, 0.4) is 0 Å². The zero-order valence-electron chi connectivity index (χ0n) is 12.3. The molecule has 0 spiro atoms. The van der Waals surface area contributed by atoms with E-state index in [1.807, 2.05) is 0 Å². The van der Waals surface area contributed by atoms with E-state index in [0.29, 0.717) is 0 Å². The Bertz CT molecular complexity index is 374. The zero-order valence-corrected chi connectivity index (χ0v) is 12.3. The first-order valence-electron chi connectivity index (χ1n) is 7.36. The highest BCUT2D eigenvalue weighted by Crippen LogP contribution is 2.37. The van der Waals surface area contributed by atoms with Gasteiger partial charge in [-0.1, -0.05) is 32.0 Å². The van der Waals surface area contributed by atoms with Gasteiger partial charge in [0.05, 0.1) is 0 Å². The quantitative estimate of drug-likeness (QED) is 0.847. The minimum atomic E-state index is 0.759. The number of hydrogen-bond donors (Lipinski definition) is 1. The maximum Gasteiger partial charge on any atom is -0.00146 e. The maximum atomic E-state index is 3.58. The van der Waals surface area contributed by atoms with Crippen LogP contribution in [0.25, 0.3) is 0 Å². The second-order valence-electron chi connectivity index (χ2n) is 6.29. The van der Waals surface area contributed by atoms with Crippen LogP contribution < -0.4 is 5.32 Å². The molecule has 1 N–H and O–H groups in total. The SMILES string of the molecule is Cc1cccc(C)c1C1CCNCC1CC(C)C. The van der Waals surface area contributed by atoms with Crippen LogP contribution in [0.1, 0.15) is 49.3 Å². The minimum absolute atomic E-state index is 0.759. The van der Waals surface area contributed by atoms with Gasteiger partial charge in [-0.2, -0.15) is 0 Å². The summed E-state index contributed by atoms with van der Waals surface area (Å²) in [5, 5.41) is 3.58. The topological polar surface area (TPSA) is 12.0 Å². The lowest BCUT2D eigenvalue weighted by Crippen LogP contribution is -2.36. The Morgan fingerprint density at radius 3 is 2.50 bits per heavy atom. The third-order valence-electron chi connectivity index (χ3n) is 4.29. The molecule has 0 aromatic heterocycles. The van der Waals surface area contributed by atoms with Crippen LogP contribution in [-0.2, 0) is 0 Å². The molecule has 1 aliphatic rings. The number of hydrogen-bond acceptors (Lipinski definition) is 1. The minimum Gasteiger partial charge on any atom is -0.316 e. The van der Waals surface area contributed by atoms with Crippen molar-refractivity contribution < 1.29 is 0 Å². The van der Waals surface area contributed by atoms with E-state index >= 15 is 0 Å². The molecule has 100 valence electrons. The summed E-state index contributed by atoms with van der Waals surface area (Å²) in [5.74, 6) is 2.36. The van der Waals surface area contributed by atoms with Gasteiger partial charge in [0.25, 0.3) is 0 Å². The molecule has 0 saturated carbocycles. The average molecular weight is 245 g/mol. The Morgan fingerprint density at radius 1 is 1.22 bits per heavy atom. The highest BCUT2D eigenvalue weighted by molar-refractivity contribution is 5.37. The first-order valence-corrected chi connectivity index (χ1v) is 7.36. The first-order chi connectivity index (χ1) is 8.59. The molecule has 0 radical (unpaired) electrons. The van der Waals surface area contributed by atoms with Crippen molar-refractivity contribution in [1.82, 2.24) is 5.32 Å². The number of nitrogens with one attached hydrogen (secondary N) is 1. The maximum absolute atomic E-state index is 3.58. The monoisotopic (exact) mass is 245 g/mol. The Morgan fingerprint density at radius 2 is 1.89 bits per heavy atom. The van der Waals surface area contributed by atoms with Crippen LogP contribution in [0.15, 0.2) is 18.2 Å². The molecule has 18 heavy (non-hydrogen) atoms. The van der Waals surface area contributed by atoms with Gasteiger partial charge in [0.2, 0.25) is 0 Å². The molecule has 0 aliphatic carbocycles. The van der Waals surface area contributed by atoms with E-state index < -0.39 is 0 Å². The molecule has 2 unspecified atom stereocenters. The van der Waals surface area contributed by atoms with Crippen molar-refractivity contribution in [2.45, 2.75) is 46.5 Å². The van der Waals surface area contributed by atoms with Gasteiger partial charge in [-0.05, 0) is 74.2 Å². The van der Waals surface area contributed by atoms with E-state index in [9.17, 15) is 0 Å². The third-order valence-corrected chi connectivity index (χ3v) is 4.29. The van der Waals surface area contributed by atoms with Crippen LogP contribution >= 0.6 is 0 Å². The van der Waals surface area contributed by atoms with Gasteiger partial charge in [-0.15, -0.1) is 0 Å². The van der Waals surface area contributed by atoms with Gasteiger partial charge in [-0.3, -0.25) is 0 Å². The summed E-state index contributed by atoms with van der Waals surface area (Å²) in [6.07, 6.45) is 2.63. The summed E-state index contributed by atoms with van der Waals surface area (Å²) < 4.78 is 0. The van der Waals surface area contributed by atoms with Crippen molar-refractivity contribution >= 4 is 0 Å². The van der Waals surface area contributed by atoms with Gasteiger partial charge < -0.3 is 5.32 Å². The second kappa shape index (κ2) is 5.88. The molecule has 1 aromatic carbocycles. The third kappa shape index (κ3) is 2.95. The molecule has 1 heteroatoms. The first kappa shape index (κ1) is 13.6. The van der Waals surface area contributed by atoms with Crippen LogP contribution in [0, 0.1) is 25.7 Å². The van der Waals surface area contributed by atoms with Crippen LogP contribution in [0.4, 0.5) is 0 Å². The van der Waals surface area contributed by atoms with E-state index in [4.69, 9.17) is 0 Å². The molecule has 0 amide bonds. The number of rotatable bonds is 3. The van der Waals surface area contributed by atoms with E-state index in [-0.39, 0.29) is 0 Å². The van der Waals surface area contributed by atoms with E-state index in [2.05, 4.69) is 51.2 Å². The smallest absolute Gasteiger partial charge is 0.00146 e. The fraction of sp³-hybridized carbons (Fsp3) is 0.647. The van der Waals surface area contributed by atoms with Gasteiger partial charge in [0, 0.05) is 0 Å². The number of aryl methyl sites for hydroxylation is 2. The van der Waals surface area contributed by atoms with Crippen LogP contribution in [0.5, 0.6) is 0 Å². The summed E-state index contributed by atoms with van der Waals surface area (Å²) in [6, 6.07) is 6.74. The van der Waals surface area contributed by atoms with Gasteiger partial charge in [-0.25, -0.2) is 0 Å². The van der Waals surface area contributed by atoms with E-state index in [1.54, 1.807) is 5.56 Å². The molecule has 1 nitrogen and oxygen atoms in total. The van der Waals surface area contributed by atoms with Gasteiger partial charge in [0.15, 0.2) is 0 Å². The average Bonchev–Trinajstić information content (AvgIpc) is 2.30. The van der Waals surface area contributed by atoms with Crippen molar-refractivity contribution in [2.75, 3.05) is 13.1 Å². The molecule has 1 aliphatic heterocycles. The van der Waals surface area contributed by atoms with Crippen LogP contribution in [0.2, 0.25) is 0 Å². The zero-order chi connectivity index (χ0) is 13.1. The van der Waals surface area contributed by atoms with Gasteiger partial charge >= 0.3 is 0 Å². The Kier molecular flexibility index (Phi) is 4.45. The fourth-order valence-electron chi connectivity index (χ4n) is 3.57. The molecule has 1 fully saturated rings. The second-order valence-corrected chi connectivity index (χ2v) is 6.29. The predicted molar refractivity (Wildman–Crippen MR) is 79.1 cm³/mol. The Labute approximate surface area is 112 Å². The summed E-state index contributed by atoms with van der Waals surface area (Å²) >= 11 is 0. The van der Waals surface area contributed by atoms with Crippen molar-refractivity contribution in [3.63, 3.8) is 0 Å². The molecule has 1 aromatic rings. The lowest BCUT2D eigenvalue weighted by molar-refractivity contribution is 0.279. The molecule has 2 atom stereocenters.